The lowest BCUT2D eigenvalue weighted by molar-refractivity contribution is 0.316. The summed E-state index contributed by atoms with van der Waals surface area (Å²) in [5, 5.41) is 4.45. The molecule has 2 rings (SSSR count). The van der Waals surface area contributed by atoms with E-state index >= 15 is 0 Å². The first-order chi connectivity index (χ1) is 8.86. The molecule has 1 aliphatic rings. The van der Waals surface area contributed by atoms with Gasteiger partial charge >= 0.3 is 0 Å². The number of amidine groups is 1. The van der Waals surface area contributed by atoms with E-state index in [2.05, 4.69) is 64.0 Å². The van der Waals surface area contributed by atoms with Crippen LogP contribution in [0.4, 0.5) is 5.69 Å². The fraction of sp³-hybridized carbons (Fsp3) is 0.500. The molecule has 0 amide bonds. The number of hydrogen-bond acceptors (Lipinski definition) is 3. The van der Waals surface area contributed by atoms with E-state index in [9.17, 15) is 0 Å². The number of halogens is 2. The van der Waals surface area contributed by atoms with Crippen molar-refractivity contribution in [2.24, 2.45) is 10.4 Å². The van der Waals surface area contributed by atoms with Gasteiger partial charge in [-0.25, -0.2) is 0 Å². The van der Waals surface area contributed by atoms with Gasteiger partial charge in [0.05, 0.1) is 11.7 Å². The summed E-state index contributed by atoms with van der Waals surface area (Å²) in [7, 11) is 0. The van der Waals surface area contributed by atoms with Gasteiger partial charge in [-0.2, -0.15) is 0 Å². The van der Waals surface area contributed by atoms with E-state index in [0.29, 0.717) is 6.04 Å². The van der Waals surface area contributed by atoms with Crippen LogP contribution in [-0.2, 0) is 0 Å². The Hall–Kier alpha value is -0.0000000000000000555. The first-order valence-corrected chi connectivity index (χ1v) is 8.86. The van der Waals surface area contributed by atoms with Gasteiger partial charge in [-0.15, -0.1) is 0 Å². The first-order valence-electron chi connectivity index (χ1n) is 6.29. The van der Waals surface area contributed by atoms with Crippen molar-refractivity contribution < 1.29 is 0 Å². The maximum atomic E-state index is 4.85. The van der Waals surface area contributed by atoms with Crippen LogP contribution in [0, 0.1) is 5.41 Å². The average Bonchev–Trinajstić information content (AvgIpc) is 2.32. The normalized spacial score (nSPS) is 20.1. The molecule has 0 radical (unpaired) electrons. The maximum absolute atomic E-state index is 4.85. The van der Waals surface area contributed by atoms with E-state index in [4.69, 9.17) is 4.99 Å². The fourth-order valence-corrected chi connectivity index (χ4v) is 3.98. The smallest absolute Gasteiger partial charge is 0.161 e. The van der Waals surface area contributed by atoms with Crippen LogP contribution in [0.15, 0.2) is 32.1 Å². The van der Waals surface area contributed by atoms with E-state index in [-0.39, 0.29) is 5.41 Å². The molecule has 0 saturated heterocycles. The summed E-state index contributed by atoms with van der Waals surface area (Å²) in [5.41, 5.74) is 1.29. The van der Waals surface area contributed by atoms with Crippen LogP contribution in [0.25, 0.3) is 0 Å². The van der Waals surface area contributed by atoms with Crippen molar-refractivity contribution >= 4 is 54.5 Å². The summed E-state index contributed by atoms with van der Waals surface area (Å²) >= 11 is 8.83. The topological polar surface area (TPSA) is 24.4 Å². The Morgan fingerprint density at radius 2 is 2.05 bits per heavy atom. The zero-order valence-electron chi connectivity index (χ0n) is 11.3. The van der Waals surface area contributed by atoms with Gasteiger partial charge in [-0.3, -0.25) is 4.99 Å². The molecule has 1 aliphatic heterocycles. The molecule has 0 saturated carbocycles. The molecule has 1 atom stereocenters. The molecule has 1 unspecified atom stereocenters. The summed E-state index contributed by atoms with van der Waals surface area (Å²) in [6, 6.07) is 6.52. The maximum Gasteiger partial charge on any atom is 0.161 e. The quantitative estimate of drug-likeness (QED) is 0.663. The second kappa shape index (κ2) is 6.19. The molecule has 104 valence electrons. The largest absolute Gasteiger partial charge is 0.334 e. The Labute approximate surface area is 136 Å². The Morgan fingerprint density at radius 3 is 2.68 bits per heavy atom. The number of thioether (sulfide) groups is 1. The summed E-state index contributed by atoms with van der Waals surface area (Å²) in [4.78, 5) is 4.85. The monoisotopic (exact) mass is 404 g/mol. The predicted molar refractivity (Wildman–Crippen MR) is 93.2 cm³/mol. The molecular formula is C14H18Br2N2S. The number of hydrogen-bond donors (Lipinski definition) is 1. The summed E-state index contributed by atoms with van der Waals surface area (Å²) in [6.45, 7) is 6.76. The van der Waals surface area contributed by atoms with Crippen LogP contribution >= 0.6 is 43.6 Å². The number of aliphatic imine (C=N–C) groups is 1. The minimum absolute atomic E-state index is 0.227. The molecule has 2 nitrogen and oxygen atoms in total. The summed E-state index contributed by atoms with van der Waals surface area (Å²) < 4.78 is 2.11. The van der Waals surface area contributed by atoms with Gasteiger partial charge in [0, 0.05) is 14.7 Å². The van der Waals surface area contributed by atoms with Crippen molar-refractivity contribution in [3.05, 3.63) is 27.1 Å². The second-order valence-corrected chi connectivity index (χ2v) is 8.56. The number of nitrogens with zero attached hydrogens (tertiary/aromatic N) is 1. The third-order valence-corrected chi connectivity index (χ3v) is 5.15. The Morgan fingerprint density at radius 1 is 1.32 bits per heavy atom. The van der Waals surface area contributed by atoms with E-state index in [1.807, 2.05) is 12.1 Å². The van der Waals surface area contributed by atoms with E-state index in [1.54, 1.807) is 11.8 Å². The SMILES string of the molecule is CC(C)(C)C1CCSC(Nc2ccc(Br)cc2Br)=N1. The van der Waals surface area contributed by atoms with Crippen molar-refractivity contribution in [2.75, 3.05) is 11.1 Å². The predicted octanol–water partition coefficient (Wildman–Crippen LogP) is 5.53. The zero-order chi connectivity index (χ0) is 14.0. The number of nitrogens with one attached hydrogen (secondary N) is 1. The van der Waals surface area contributed by atoms with Crippen molar-refractivity contribution in [3.8, 4) is 0 Å². The minimum Gasteiger partial charge on any atom is -0.334 e. The van der Waals surface area contributed by atoms with Crippen LogP contribution in [0.5, 0.6) is 0 Å². The fourth-order valence-electron chi connectivity index (χ4n) is 1.91. The van der Waals surface area contributed by atoms with Crippen LogP contribution < -0.4 is 5.32 Å². The Balaban J connectivity index is 2.16. The van der Waals surface area contributed by atoms with E-state index < -0.39 is 0 Å². The lowest BCUT2D eigenvalue weighted by atomic mass is 9.85. The lowest BCUT2D eigenvalue weighted by Crippen LogP contribution is -2.30. The van der Waals surface area contributed by atoms with Gasteiger partial charge in [0.2, 0.25) is 0 Å². The summed E-state index contributed by atoms with van der Waals surface area (Å²) in [5.74, 6) is 1.13. The molecule has 0 aromatic heterocycles. The molecule has 0 spiro atoms. The van der Waals surface area contributed by atoms with Crippen LogP contribution in [-0.4, -0.2) is 17.0 Å². The second-order valence-electron chi connectivity index (χ2n) is 5.70. The van der Waals surface area contributed by atoms with Crippen molar-refractivity contribution in [1.82, 2.24) is 0 Å². The molecule has 1 aromatic rings. The van der Waals surface area contributed by atoms with Crippen molar-refractivity contribution in [1.29, 1.82) is 0 Å². The van der Waals surface area contributed by atoms with Gasteiger partial charge in [-0.05, 0) is 46.0 Å². The third kappa shape index (κ3) is 4.23. The molecule has 1 N–H and O–H groups in total. The molecule has 0 aliphatic carbocycles. The number of rotatable bonds is 1. The minimum atomic E-state index is 0.227. The number of benzene rings is 1. The highest BCUT2D eigenvalue weighted by Crippen LogP contribution is 2.32. The molecule has 5 heteroatoms. The Kier molecular flexibility index (Phi) is 5.01. The van der Waals surface area contributed by atoms with Gasteiger partial charge in [-0.1, -0.05) is 48.5 Å². The highest BCUT2D eigenvalue weighted by atomic mass is 79.9. The summed E-state index contributed by atoms with van der Waals surface area (Å²) in [6.07, 6.45) is 1.15. The molecule has 19 heavy (non-hydrogen) atoms. The zero-order valence-corrected chi connectivity index (χ0v) is 15.3. The van der Waals surface area contributed by atoms with Crippen LogP contribution in [0.3, 0.4) is 0 Å². The Bertz CT molecular complexity index is 495. The lowest BCUT2D eigenvalue weighted by Gasteiger charge is -2.31. The molecule has 0 fully saturated rings. The van der Waals surface area contributed by atoms with Crippen LogP contribution in [0.1, 0.15) is 27.2 Å². The van der Waals surface area contributed by atoms with Gasteiger partial charge < -0.3 is 5.32 Å². The van der Waals surface area contributed by atoms with Crippen molar-refractivity contribution in [2.45, 2.75) is 33.2 Å². The average molecular weight is 406 g/mol. The van der Waals surface area contributed by atoms with Gasteiger partial charge in [0.1, 0.15) is 0 Å². The molecule has 1 aromatic carbocycles. The van der Waals surface area contributed by atoms with Gasteiger partial charge in [0.25, 0.3) is 0 Å². The van der Waals surface area contributed by atoms with E-state index in [0.717, 1.165) is 32.0 Å². The number of anilines is 1. The van der Waals surface area contributed by atoms with Crippen molar-refractivity contribution in [3.63, 3.8) is 0 Å². The molecular weight excluding hydrogens is 388 g/mol. The highest BCUT2D eigenvalue weighted by molar-refractivity contribution is 9.11. The standard InChI is InChI=1S/C14H18Br2N2S/c1-14(2,3)12-6-7-19-13(18-12)17-11-5-4-9(15)8-10(11)16/h4-5,8,12H,6-7H2,1-3H3,(H,17,18). The van der Waals surface area contributed by atoms with E-state index in [1.165, 1.54) is 0 Å². The third-order valence-electron chi connectivity index (χ3n) is 3.08. The molecule has 0 bridgehead atoms. The van der Waals surface area contributed by atoms with Crippen LogP contribution in [0.2, 0.25) is 0 Å². The molecule has 1 heterocycles. The highest BCUT2D eigenvalue weighted by Gasteiger charge is 2.27. The van der Waals surface area contributed by atoms with Gasteiger partial charge in [0.15, 0.2) is 5.17 Å². The first kappa shape index (κ1) is 15.4.